The van der Waals surface area contributed by atoms with Gasteiger partial charge in [-0.1, -0.05) is 40.0 Å². The van der Waals surface area contributed by atoms with Gasteiger partial charge in [-0.15, -0.1) is 0 Å². The molecule has 2 heteroatoms. The average Bonchev–Trinajstić information content (AvgIpc) is 2.53. The second-order valence-corrected chi connectivity index (χ2v) is 6.22. The van der Waals surface area contributed by atoms with Crippen molar-refractivity contribution in [3.05, 3.63) is 0 Å². The predicted molar refractivity (Wildman–Crippen MR) is 71.5 cm³/mol. The zero-order valence-corrected chi connectivity index (χ0v) is 11.4. The molecule has 1 saturated carbocycles. The molecule has 0 heterocycles. The Balaban J connectivity index is 2.02. The lowest BCUT2D eigenvalue weighted by molar-refractivity contribution is 0.277. The van der Waals surface area contributed by atoms with Crippen LogP contribution in [-0.4, -0.2) is 19.1 Å². The standard InChI is InChI=1S/C14H30N2/c1-12(2)7-4-5-10-16-11-14(3)9-6-8-13(14)15/h12-13,16H,4-11,15H2,1-3H3. The Morgan fingerprint density at radius 3 is 2.69 bits per heavy atom. The number of nitrogens with one attached hydrogen (secondary N) is 1. The van der Waals surface area contributed by atoms with Crippen LogP contribution in [-0.2, 0) is 0 Å². The van der Waals surface area contributed by atoms with Crippen molar-refractivity contribution < 1.29 is 0 Å². The predicted octanol–water partition coefficient (Wildman–Crippen LogP) is 2.92. The highest BCUT2D eigenvalue weighted by atomic mass is 14.9. The molecular formula is C14H30N2. The summed E-state index contributed by atoms with van der Waals surface area (Å²) in [5.74, 6) is 0.848. The van der Waals surface area contributed by atoms with Crippen LogP contribution in [0.15, 0.2) is 0 Å². The molecule has 0 aromatic carbocycles. The van der Waals surface area contributed by atoms with Crippen LogP contribution in [0.2, 0.25) is 0 Å². The lowest BCUT2D eigenvalue weighted by Gasteiger charge is -2.29. The summed E-state index contributed by atoms with van der Waals surface area (Å²) in [6.07, 6.45) is 7.85. The summed E-state index contributed by atoms with van der Waals surface area (Å²) < 4.78 is 0. The molecule has 0 aliphatic heterocycles. The lowest BCUT2D eigenvalue weighted by atomic mass is 9.85. The largest absolute Gasteiger partial charge is 0.327 e. The van der Waals surface area contributed by atoms with Crippen LogP contribution in [0, 0.1) is 11.3 Å². The number of hydrogen-bond donors (Lipinski definition) is 2. The summed E-state index contributed by atoms with van der Waals surface area (Å²) in [6.45, 7) is 9.20. The van der Waals surface area contributed by atoms with Gasteiger partial charge in [-0.25, -0.2) is 0 Å². The molecule has 1 aliphatic rings. The Morgan fingerprint density at radius 2 is 2.12 bits per heavy atom. The molecule has 2 nitrogen and oxygen atoms in total. The third-order valence-electron chi connectivity index (χ3n) is 4.07. The summed E-state index contributed by atoms with van der Waals surface area (Å²) in [4.78, 5) is 0. The third-order valence-corrected chi connectivity index (χ3v) is 4.07. The smallest absolute Gasteiger partial charge is 0.0105 e. The van der Waals surface area contributed by atoms with E-state index in [2.05, 4.69) is 26.1 Å². The molecule has 0 radical (unpaired) electrons. The minimum Gasteiger partial charge on any atom is -0.327 e. The molecule has 2 atom stereocenters. The van der Waals surface area contributed by atoms with Crippen molar-refractivity contribution in [3.63, 3.8) is 0 Å². The van der Waals surface area contributed by atoms with Gasteiger partial charge >= 0.3 is 0 Å². The van der Waals surface area contributed by atoms with E-state index in [0.717, 1.165) is 19.0 Å². The van der Waals surface area contributed by atoms with Crippen molar-refractivity contribution >= 4 is 0 Å². The van der Waals surface area contributed by atoms with Crippen molar-refractivity contribution in [2.45, 2.75) is 65.3 Å². The molecule has 1 rings (SSSR count). The SMILES string of the molecule is CC(C)CCCCNCC1(C)CCCC1N. The Labute approximate surface area is 101 Å². The molecular weight excluding hydrogens is 196 g/mol. The fraction of sp³-hybridized carbons (Fsp3) is 1.00. The molecule has 0 amide bonds. The van der Waals surface area contributed by atoms with Gasteiger partial charge < -0.3 is 11.1 Å². The lowest BCUT2D eigenvalue weighted by Crippen LogP contribution is -2.42. The van der Waals surface area contributed by atoms with Crippen molar-refractivity contribution in [1.82, 2.24) is 5.32 Å². The van der Waals surface area contributed by atoms with Crippen LogP contribution >= 0.6 is 0 Å². The van der Waals surface area contributed by atoms with E-state index in [0.29, 0.717) is 11.5 Å². The first-order chi connectivity index (χ1) is 7.54. The van der Waals surface area contributed by atoms with E-state index in [1.165, 1.54) is 38.5 Å². The van der Waals surface area contributed by atoms with Crippen molar-refractivity contribution in [1.29, 1.82) is 0 Å². The molecule has 16 heavy (non-hydrogen) atoms. The molecule has 1 fully saturated rings. The Bertz CT molecular complexity index is 191. The molecule has 3 N–H and O–H groups in total. The Hall–Kier alpha value is -0.0800. The molecule has 96 valence electrons. The summed E-state index contributed by atoms with van der Waals surface area (Å²) in [5.41, 5.74) is 6.51. The third kappa shape index (κ3) is 4.42. The maximum absolute atomic E-state index is 6.15. The number of rotatable bonds is 7. The summed E-state index contributed by atoms with van der Waals surface area (Å²) in [6, 6.07) is 0.413. The molecule has 0 spiro atoms. The van der Waals surface area contributed by atoms with Crippen molar-refractivity contribution in [2.75, 3.05) is 13.1 Å². The number of nitrogens with two attached hydrogens (primary N) is 1. The first kappa shape index (κ1) is 14.0. The monoisotopic (exact) mass is 226 g/mol. The van der Waals surface area contributed by atoms with E-state index in [9.17, 15) is 0 Å². The summed E-state index contributed by atoms with van der Waals surface area (Å²) in [7, 11) is 0. The van der Waals surface area contributed by atoms with E-state index in [1.54, 1.807) is 0 Å². The Morgan fingerprint density at radius 1 is 1.38 bits per heavy atom. The van der Waals surface area contributed by atoms with Gasteiger partial charge in [0.05, 0.1) is 0 Å². The highest BCUT2D eigenvalue weighted by Gasteiger charge is 2.35. The van der Waals surface area contributed by atoms with Crippen molar-refractivity contribution in [3.8, 4) is 0 Å². The van der Waals surface area contributed by atoms with Crippen LogP contribution in [0.1, 0.15) is 59.3 Å². The minimum absolute atomic E-state index is 0.359. The fourth-order valence-corrected chi connectivity index (χ4v) is 2.66. The highest BCUT2D eigenvalue weighted by molar-refractivity contribution is 4.92. The quantitative estimate of drug-likeness (QED) is 0.655. The first-order valence-corrected chi connectivity index (χ1v) is 7.01. The second-order valence-electron chi connectivity index (χ2n) is 6.22. The highest BCUT2D eigenvalue weighted by Crippen LogP contribution is 2.35. The van der Waals surface area contributed by atoms with Crippen LogP contribution in [0.3, 0.4) is 0 Å². The fourth-order valence-electron chi connectivity index (χ4n) is 2.66. The van der Waals surface area contributed by atoms with Gasteiger partial charge in [0.25, 0.3) is 0 Å². The summed E-state index contributed by atoms with van der Waals surface area (Å²) >= 11 is 0. The zero-order chi connectivity index (χ0) is 12.0. The van der Waals surface area contributed by atoms with Gasteiger partial charge in [-0.05, 0) is 37.1 Å². The molecule has 1 aliphatic carbocycles. The van der Waals surface area contributed by atoms with E-state index in [4.69, 9.17) is 5.73 Å². The van der Waals surface area contributed by atoms with Gasteiger partial charge in [0.1, 0.15) is 0 Å². The van der Waals surface area contributed by atoms with Crippen molar-refractivity contribution in [2.24, 2.45) is 17.1 Å². The van der Waals surface area contributed by atoms with Gasteiger partial charge in [-0.2, -0.15) is 0 Å². The number of unbranched alkanes of at least 4 members (excludes halogenated alkanes) is 1. The number of hydrogen-bond acceptors (Lipinski definition) is 2. The maximum atomic E-state index is 6.15. The minimum atomic E-state index is 0.359. The molecule has 0 aromatic rings. The van der Waals surface area contributed by atoms with Crippen LogP contribution in [0.5, 0.6) is 0 Å². The molecule has 2 unspecified atom stereocenters. The molecule has 0 saturated heterocycles. The van der Waals surface area contributed by atoms with E-state index >= 15 is 0 Å². The normalized spacial score (nSPS) is 30.2. The van der Waals surface area contributed by atoms with Crippen LogP contribution in [0.25, 0.3) is 0 Å². The Kier molecular flexibility index (Phi) is 5.77. The van der Waals surface area contributed by atoms with Gasteiger partial charge in [0.15, 0.2) is 0 Å². The second kappa shape index (κ2) is 6.61. The zero-order valence-electron chi connectivity index (χ0n) is 11.4. The van der Waals surface area contributed by atoms with E-state index < -0.39 is 0 Å². The van der Waals surface area contributed by atoms with E-state index in [1.807, 2.05) is 0 Å². The van der Waals surface area contributed by atoms with Crippen LogP contribution < -0.4 is 11.1 Å². The topological polar surface area (TPSA) is 38.0 Å². The van der Waals surface area contributed by atoms with Gasteiger partial charge in [0, 0.05) is 12.6 Å². The maximum Gasteiger partial charge on any atom is 0.0105 e. The van der Waals surface area contributed by atoms with Gasteiger partial charge in [0.2, 0.25) is 0 Å². The van der Waals surface area contributed by atoms with E-state index in [-0.39, 0.29) is 0 Å². The molecule has 0 bridgehead atoms. The summed E-state index contributed by atoms with van der Waals surface area (Å²) in [5, 5.41) is 3.59. The molecule has 0 aromatic heterocycles. The average molecular weight is 226 g/mol. The van der Waals surface area contributed by atoms with Gasteiger partial charge in [-0.3, -0.25) is 0 Å². The van der Waals surface area contributed by atoms with Crippen LogP contribution in [0.4, 0.5) is 0 Å². The first-order valence-electron chi connectivity index (χ1n) is 7.01.